The number of nitrogens with zero attached hydrogens (tertiary/aromatic N) is 1. The molecule has 0 aromatic carbocycles. The van der Waals surface area contributed by atoms with Crippen molar-refractivity contribution in [3.8, 4) is 0 Å². The van der Waals surface area contributed by atoms with E-state index in [1.807, 2.05) is 0 Å². The van der Waals surface area contributed by atoms with Crippen molar-refractivity contribution in [2.45, 2.75) is 0 Å². The number of hydrogen-bond donors (Lipinski definition) is 1. The summed E-state index contributed by atoms with van der Waals surface area (Å²) in [5, 5.41) is 3.46. The van der Waals surface area contributed by atoms with Gasteiger partial charge in [0.2, 0.25) is 0 Å². The molecule has 8 heavy (non-hydrogen) atoms. The van der Waals surface area contributed by atoms with E-state index in [1.165, 1.54) is 6.21 Å². The van der Waals surface area contributed by atoms with Crippen LogP contribution in [0.25, 0.3) is 0 Å². The fourth-order valence-electron chi connectivity index (χ4n) is 0.191. The van der Waals surface area contributed by atoms with Crippen molar-refractivity contribution in [1.82, 2.24) is 0 Å². The minimum Gasteiger partial charge on any atom is -0.392 e. The number of rotatable bonds is 4. The third-order valence-electron chi connectivity index (χ3n) is 0.447. The predicted octanol–water partition coefficient (Wildman–Crippen LogP) is 0.134. The van der Waals surface area contributed by atoms with Gasteiger partial charge in [0, 0.05) is 6.54 Å². The molecular weight excluding hydrogens is 104 g/mol. The average Bonchev–Trinajstić information content (AvgIpc) is 1.81. The van der Waals surface area contributed by atoms with Crippen molar-refractivity contribution in [1.29, 1.82) is 0 Å². The molecule has 0 heterocycles. The van der Waals surface area contributed by atoms with Gasteiger partial charge in [-0.25, -0.2) is 0 Å². The van der Waals surface area contributed by atoms with Gasteiger partial charge in [-0.3, -0.25) is 0 Å². The van der Waals surface area contributed by atoms with Crippen LogP contribution in [0.5, 0.6) is 0 Å². The van der Waals surface area contributed by atoms with Crippen molar-refractivity contribution < 1.29 is 4.84 Å². The Labute approximate surface area is 48.8 Å². The van der Waals surface area contributed by atoms with E-state index in [0.717, 1.165) is 0 Å². The maximum Gasteiger partial charge on any atom is 0.135 e. The molecule has 0 saturated carbocycles. The zero-order valence-corrected chi connectivity index (χ0v) is 4.71. The van der Waals surface area contributed by atoms with Gasteiger partial charge in [0.15, 0.2) is 0 Å². The SMILES string of the molecule is C=CCON=CCN. The normalized spacial score (nSPS) is 9.62. The summed E-state index contributed by atoms with van der Waals surface area (Å²) in [7, 11) is 0. The molecule has 0 aromatic heterocycles. The minimum atomic E-state index is 0.414. The van der Waals surface area contributed by atoms with Gasteiger partial charge < -0.3 is 10.6 Å². The highest BCUT2D eigenvalue weighted by atomic mass is 16.6. The molecule has 0 aliphatic rings. The molecule has 0 aliphatic carbocycles. The molecule has 0 aromatic rings. The summed E-state index contributed by atoms with van der Waals surface area (Å²) in [6.07, 6.45) is 3.11. The first kappa shape index (κ1) is 7.17. The summed E-state index contributed by atoms with van der Waals surface area (Å²) >= 11 is 0. The molecule has 3 nitrogen and oxygen atoms in total. The summed E-state index contributed by atoms with van der Waals surface area (Å²) in [4.78, 5) is 4.59. The molecule has 0 fully saturated rings. The molecule has 46 valence electrons. The van der Waals surface area contributed by atoms with E-state index in [4.69, 9.17) is 5.73 Å². The predicted molar refractivity (Wildman–Crippen MR) is 33.7 cm³/mol. The zero-order chi connectivity index (χ0) is 6.24. The zero-order valence-electron chi connectivity index (χ0n) is 4.71. The van der Waals surface area contributed by atoms with Crippen molar-refractivity contribution in [2.75, 3.05) is 13.2 Å². The van der Waals surface area contributed by atoms with E-state index < -0.39 is 0 Å². The van der Waals surface area contributed by atoms with E-state index in [2.05, 4.69) is 16.6 Å². The number of oxime groups is 1. The third kappa shape index (κ3) is 5.17. The molecule has 2 N–H and O–H groups in total. The second-order valence-corrected chi connectivity index (χ2v) is 1.11. The lowest BCUT2D eigenvalue weighted by atomic mass is 10.7. The van der Waals surface area contributed by atoms with Crippen molar-refractivity contribution in [3.63, 3.8) is 0 Å². The fraction of sp³-hybridized carbons (Fsp3) is 0.400. The molecule has 0 radical (unpaired) electrons. The van der Waals surface area contributed by atoms with E-state index >= 15 is 0 Å². The van der Waals surface area contributed by atoms with Gasteiger partial charge in [-0.1, -0.05) is 17.8 Å². The first-order valence-corrected chi connectivity index (χ1v) is 2.36. The van der Waals surface area contributed by atoms with Gasteiger partial charge in [-0.2, -0.15) is 0 Å². The molecule has 0 amide bonds. The molecular formula is C5H10N2O. The first-order valence-electron chi connectivity index (χ1n) is 2.36. The van der Waals surface area contributed by atoms with Crippen LogP contribution >= 0.6 is 0 Å². The largest absolute Gasteiger partial charge is 0.392 e. The summed E-state index contributed by atoms with van der Waals surface area (Å²) < 4.78 is 0. The Bertz CT molecular complexity index is 80.5. The van der Waals surface area contributed by atoms with E-state index in [1.54, 1.807) is 6.08 Å². The number of nitrogens with two attached hydrogens (primary N) is 1. The Morgan fingerprint density at radius 1 is 1.75 bits per heavy atom. The van der Waals surface area contributed by atoms with E-state index in [9.17, 15) is 0 Å². The molecule has 0 rings (SSSR count). The third-order valence-corrected chi connectivity index (χ3v) is 0.447. The van der Waals surface area contributed by atoms with Gasteiger partial charge >= 0.3 is 0 Å². The summed E-state index contributed by atoms with van der Waals surface area (Å²) in [6, 6.07) is 0. The second-order valence-electron chi connectivity index (χ2n) is 1.11. The van der Waals surface area contributed by atoms with Gasteiger partial charge in [0.1, 0.15) is 6.61 Å². The molecule has 0 bridgehead atoms. The Kier molecular flexibility index (Phi) is 5.53. The molecule has 0 saturated heterocycles. The quantitative estimate of drug-likeness (QED) is 0.244. The maximum absolute atomic E-state index is 5.06. The van der Waals surface area contributed by atoms with Crippen LogP contribution in [0.15, 0.2) is 17.8 Å². The monoisotopic (exact) mass is 114 g/mol. The van der Waals surface area contributed by atoms with Gasteiger partial charge in [0.25, 0.3) is 0 Å². The summed E-state index contributed by atoms with van der Waals surface area (Å²) in [5.74, 6) is 0. The molecule has 0 atom stereocenters. The summed E-state index contributed by atoms with van der Waals surface area (Å²) in [6.45, 7) is 4.28. The maximum atomic E-state index is 5.06. The van der Waals surface area contributed by atoms with Crippen LogP contribution < -0.4 is 5.73 Å². The lowest BCUT2D eigenvalue weighted by molar-refractivity contribution is 0.176. The van der Waals surface area contributed by atoms with Crippen LogP contribution in [0.1, 0.15) is 0 Å². The lowest BCUT2D eigenvalue weighted by Crippen LogP contribution is -1.99. The minimum absolute atomic E-state index is 0.414. The van der Waals surface area contributed by atoms with Crippen molar-refractivity contribution in [3.05, 3.63) is 12.7 Å². The van der Waals surface area contributed by atoms with Gasteiger partial charge in [-0.05, 0) is 0 Å². The topological polar surface area (TPSA) is 47.6 Å². The molecule has 3 heteroatoms. The Morgan fingerprint density at radius 2 is 2.50 bits per heavy atom. The Hall–Kier alpha value is -0.830. The van der Waals surface area contributed by atoms with Crippen LogP contribution in [0.2, 0.25) is 0 Å². The lowest BCUT2D eigenvalue weighted by Gasteiger charge is -1.87. The Balaban J connectivity index is 2.90. The molecule has 0 spiro atoms. The van der Waals surface area contributed by atoms with Crippen LogP contribution in [0.4, 0.5) is 0 Å². The van der Waals surface area contributed by atoms with Crippen LogP contribution in [-0.4, -0.2) is 19.4 Å². The summed E-state index contributed by atoms with van der Waals surface area (Å²) in [5.41, 5.74) is 5.06. The highest BCUT2D eigenvalue weighted by Crippen LogP contribution is 1.71. The fourth-order valence-corrected chi connectivity index (χ4v) is 0.191. The standard InChI is InChI=1S/C5H10N2O/c1-2-5-8-7-4-3-6/h2,4H,1,3,5-6H2. The average molecular weight is 114 g/mol. The highest BCUT2D eigenvalue weighted by molar-refractivity contribution is 5.58. The van der Waals surface area contributed by atoms with E-state index in [0.29, 0.717) is 13.2 Å². The van der Waals surface area contributed by atoms with E-state index in [-0.39, 0.29) is 0 Å². The van der Waals surface area contributed by atoms with Crippen LogP contribution in [0.3, 0.4) is 0 Å². The molecule has 0 unspecified atom stereocenters. The van der Waals surface area contributed by atoms with Crippen LogP contribution in [-0.2, 0) is 4.84 Å². The van der Waals surface area contributed by atoms with Crippen molar-refractivity contribution >= 4 is 6.21 Å². The molecule has 0 aliphatic heterocycles. The number of hydrogen-bond acceptors (Lipinski definition) is 3. The highest BCUT2D eigenvalue weighted by Gasteiger charge is 1.68. The Morgan fingerprint density at radius 3 is 3.00 bits per heavy atom. The van der Waals surface area contributed by atoms with Crippen molar-refractivity contribution in [2.24, 2.45) is 10.9 Å². The first-order chi connectivity index (χ1) is 3.91. The smallest absolute Gasteiger partial charge is 0.135 e. The van der Waals surface area contributed by atoms with Gasteiger partial charge in [-0.15, -0.1) is 0 Å². The van der Waals surface area contributed by atoms with Gasteiger partial charge in [0.05, 0.1) is 6.21 Å². The second kappa shape index (κ2) is 6.17. The van der Waals surface area contributed by atoms with Crippen LogP contribution in [0, 0.1) is 0 Å².